The molecule has 2 atom stereocenters. The van der Waals surface area contributed by atoms with Crippen LogP contribution in [0.25, 0.3) is 0 Å². The quantitative estimate of drug-likeness (QED) is 0.353. The molecule has 0 heterocycles. The molecular weight excluding hydrogens is 396 g/mol. The first kappa shape index (κ1) is 22.4. The molecule has 0 saturated heterocycles. The summed E-state index contributed by atoms with van der Waals surface area (Å²) in [7, 11) is 0. The van der Waals surface area contributed by atoms with Gasteiger partial charge in [-0.3, -0.25) is 0 Å². The Morgan fingerprint density at radius 3 is 1.78 bits per heavy atom. The van der Waals surface area contributed by atoms with Crippen molar-refractivity contribution in [2.24, 2.45) is 5.92 Å². The van der Waals surface area contributed by atoms with Crippen molar-refractivity contribution in [2.45, 2.75) is 57.3 Å². The number of phenolic OH excluding ortho intramolecular Hbond substituents is 2. The molecule has 3 aromatic rings. The summed E-state index contributed by atoms with van der Waals surface area (Å²) < 4.78 is 0. The highest BCUT2D eigenvalue weighted by molar-refractivity contribution is 5.33. The third-order valence-corrected chi connectivity index (χ3v) is 6.70. The zero-order chi connectivity index (χ0) is 22.2. The Labute approximate surface area is 191 Å². The van der Waals surface area contributed by atoms with Crippen LogP contribution in [-0.2, 0) is 13.1 Å². The summed E-state index contributed by atoms with van der Waals surface area (Å²) in [5.74, 6) is 1.21. The molecule has 0 aromatic heterocycles. The summed E-state index contributed by atoms with van der Waals surface area (Å²) in [6, 6.07) is 26.0. The number of nitrogens with one attached hydrogen (secondary N) is 2. The summed E-state index contributed by atoms with van der Waals surface area (Å²) >= 11 is 0. The first-order valence-electron chi connectivity index (χ1n) is 11.8. The molecular formula is C28H34N2O2. The number of hydrogen-bond donors (Lipinski definition) is 4. The lowest BCUT2D eigenvalue weighted by Crippen LogP contribution is -2.46. The van der Waals surface area contributed by atoms with E-state index in [2.05, 4.69) is 41.0 Å². The second kappa shape index (κ2) is 11.2. The van der Waals surface area contributed by atoms with Crippen LogP contribution in [0.2, 0.25) is 0 Å². The molecule has 1 aliphatic carbocycles. The normalized spacial score (nSPS) is 16.5. The van der Waals surface area contributed by atoms with E-state index in [9.17, 15) is 10.2 Å². The molecule has 2 unspecified atom stereocenters. The number of benzene rings is 3. The predicted molar refractivity (Wildman–Crippen MR) is 129 cm³/mol. The second-order valence-electron chi connectivity index (χ2n) is 8.83. The molecule has 1 fully saturated rings. The van der Waals surface area contributed by atoms with Crippen LogP contribution < -0.4 is 10.6 Å². The van der Waals surface area contributed by atoms with Crippen LogP contribution >= 0.6 is 0 Å². The molecule has 3 aromatic carbocycles. The maximum atomic E-state index is 10.3. The Balaban J connectivity index is 1.60. The van der Waals surface area contributed by atoms with Crippen LogP contribution in [0.4, 0.5) is 0 Å². The first-order chi connectivity index (χ1) is 15.7. The van der Waals surface area contributed by atoms with Gasteiger partial charge in [-0.15, -0.1) is 0 Å². The average molecular weight is 431 g/mol. The first-order valence-corrected chi connectivity index (χ1v) is 11.8. The number of phenols is 2. The molecule has 0 spiro atoms. The number of hydrogen-bond acceptors (Lipinski definition) is 4. The third-order valence-electron chi connectivity index (χ3n) is 6.70. The minimum Gasteiger partial charge on any atom is -0.508 e. The SMILES string of the molecule is Oc1ccccc1CNC(c1ccccc1)C(NCc1ccccc1O)C1CCCCC1. The number of aromatic hydroxyl groups is 2. The molecule has 4 nitrogen and oxygen atoms in total. The van der Waals surface area contributed by atoms with Gasteiger partial charge in [0.1, 0.15) is 11.5 Å². The van der Waals surface area contributed by atoms with E-state index in [4.69, 9.17) is 0 Å². The summed E-state index contributed by atoms with van der Waals surface area (Å²) in [6.07, 6.45) is 6.25. The minimum atomic E-state index is 0.0877. The van der Waals surface area contributed by atoms with Gasteiger partial charge in [0.25, 0.3) is 0 Å². The van der Waals surface area contributed by atoms with Crippen LogP contribution in [0.15, 0.2) is 78.9 Å². The standard InChI is InChI=1S/C28H34N2O2/c31-25-17-9-7-15-23(25)19-29-27(21-11-3-1-4-12-21)28(22-13-5-2-6-14-22)30-20-24-16-8-10-18-26(24)32/h1,3-4,7-12,15-18,22,27-32H,2,5-6,13-14,19-20H2. The molecule has 4 N–H and O–H groups in total. The minimum absolute atomic E-state index is 0.0877. The van der Waals surface area contributed by atoms with Crippen molar-refractivity contribution in [1.29, 1.82) is 0 Å². The Kier molecular flexibility index (Phi) is 7.81. The van der Waals surface area contributed by atoms with Gasteiger partial charge in [0.05, 0.1) is 0 Å². The lowest BCUT2D eigenvalue weighted by Gasteiger charge is -2.38. The maximum Gasteiger partial charge on any atom is 0.120 e. The summed E-state index contributed by atoms with van der Waals surface area (Å²) in [4.78, 5) is 0. The average Bonchev–Trinajstić information content (AvgIpc) is 2.84. The zero-order valence-corrected chi connectivity index (χ0v) is 18.6. The summed E-state index contributed by atoms with van der Waals surface area (Å²) in [5, 5.41) is 28.1. The van der Waals surface area contributed by atoms with Crippen molar-refractivity contribution >= 4 is 0 Å². The molecule has 4 rings (SSSR count). The monoisotopic (exact) mass is 430 g/mol. The van der Waals surface area contributed by atoms with E-state index in [1.165, 1.54) is 37.7 Å². The van der Waals surface area contributed by atoms with Crippen molar-refractivity contribution in [3.8, 4) is 11.5 Å². The Bertz CT molecular complexity index is 970. The molecule has 32 heavy (non-hydrogen) atoms. The van der Waals surface area contributed by atoms with Gasteiger partial charge >= 0.3 is 0 Å². The van der Waals surface area contributed by atoms with Crippen molar-refractivity contribution in [1.82, 2.24) is 10.6 Å². The van der Waals surface area contributed by atoms with E-state index >= 15 is 0 Å². The Morgan fingerprint density at radius 2 is 1.19 bits per heavy atom. The van der Waals surface area contributed by atoms with Crippen LogP contribution in [0.5, 0.6) is 11.5 Å². The van der Waals surface area contributed by atoms with Crippen molar-refractivity contribution in [2.75, 3.05) is 0 Å². The van der Waals surface area contributed by atoms with Gasteiger partial charge in [-0.25, -0.2) is 0 Å². The number of para-hydroxylation sites is 2. The molecule has 0 bridgehead atoms. The maximum absolute atomic E-state index is 10.3. The third kappa shape index (κ3) is 5.70. The van der Waals surface area contributed by atoms with E-state index in [-0.39, 0.29) is 12.1 Å². The van der Waals surface area contributed by atoms with Crippen molar-refractivity contribution in [3.05, 3.63) is 95.6 Å². The molecule has 1 aliphatic rings. The smallest absolute Gasteiger partial charge is 0.120 e. The van der Waals surface area contributed by atoms with Gasteiger partial charge in [0, 0.05) is 36.3 Å². The highest BCUT2D eigenvalue weighted by Crippen LogP contribution is 2.33. The van der Waals surface area contributed by atoms with Gasteiger partial charge in [0.2, 0.25) is 0 Å². The molecule has 4 heteroatoms. The topological polar surface area (TPSA) is 64.5 Å². The van der Waals surface area contributed by atoms with E-state index in [0.29, 0.717) is 30.5 Å². The van der Waals surface area contributed by atoms with Crippen LogP contribution in [0, 0.1) is 5.92 Å². The fourth-order valence-corrected chi connectivity index (χ4v) is 4.93. The zero-order valence-electron chi connectivity index (χ0n) is 18.6. The van der Waals surface area contributed by atoms with Crippen LogP contribution in [0.3, 0.4) is 0 Å². The van der Waals surface area contributed by atoms with Crippen molar-refractivity contribution in [3.63, 3.8) is 0 Å². The predicted octanol–water partition coefficient (Wildman–Crippen LogP) is 5.67. The Hall–Kier alpha value is -2.82. The second-order valence-corrected chi connectivity index (χ2v) is 8.83. The van der Waals surface area contributed by atoms with Gasteiger partial charge in [-0.2, -0.15) is 0 Å². The van der Waals surface area contributed by atoms with Crippen LogP contribution in [-0.4, -0.2) is 16.3 Å². The van der Waals surface area contributed by atoms with Gasteiger partial charge in [0.15, 0.2) is 0 Å². The fraction of sp³-hybridized carbons (Fsp3) is 0.357. The molecule has 168 valence electrons. The largest absolute Gasteiger partial charge is 0.508 e. The van der Waals surface area contributed by atoms with E-state index in [1.807, 2.05) is 36.4 Å². The lowest BCUT2D eigenvalue weighted by atomic mass is 9.79. The van der Waals surface area contributed by atoms with Gasteiger partial charge in [-0.1, -0.05) is 86.0 Å². The summed E-state index contributed by atoms with van der Waals surface area (Å²) in [5.41, 5.74) is 3.06. The van der Waals surface area contributed by atoms with Crippen LogP contribution in [0.1, 0.15) is 54.8 Å². The van der Waals surface area contributed by atoms with Gasteiger partial charge < -0.3 is 20.8 Å². The summed E-state index contributed by atoms with van der Waals surface area (Å²) in [6.45, 7) is 1.21. The van der Waals surface area contributed by atoms with E-state index in [0.717, 1.165) is 11.1 Å². The highest BCUT2D eigenvalue weighted by atomic mass is 16.3. The van der Waals surface area contributed by atoms with E-state index in [1.54, 1.807) is 12.1 Å². The fourth-order valence-electron chi connectivity index (χ4n) is 4.93. The Morgan fingerprint density at radius 1 is 0.656 bits per heavy atom. The molecule has 0 aliphatic heterocycles. The van der Waals surface area contributed by atoms with Gasteiger partial charge in [-0.05, 0) is 36.5 Å². The highest BCUT2D eigenvalue weighted by Gasteiger charge is 2.31. The molecule has 1 saturated carbocycles. The molecule has 0 amide bonds. The van der Waals surface area contributed by atoms with Crippen molar-refractivity contribution < 1.29 is 10.2 Å². The number of rotatable bonds is 9. The lowest BCUT2D eigenvalue weighted by molar-refractivity contribution is 0.218. The van der Waals surface area contributed by atoms with E-state index < -0.39 is 0 Å². The molecule has 0 radical (unpaired) electrons.